The van der Waals surface area contributed by atoms with Gasteiger partial charge in [-0.2, -0.15) is 0 Å². The number of aromatic hydroxyl groups is 1. The molecule has 70 valence electrons. The van der Waals surface area contributed by atoms with Crippen LogP contribution >= 0.6 is 0 Å². The molecule has 0 radical (unpaired) electrons. The van der Waals surface area contributed by atoms with Gasteiger partial charge in [0.05, 0.1) is 11.1 Å². The minimum Gasteiger partial charge on any atom is -0.507 e. The summed E-state index contributed by atoms with van der Waals surface area (Å²) in [5.41, 5.74) is 5.91. The van der Waals surface area contributed by atoms with Crippen LogP contribution in [0.3, 0.4) is 0 Å². The van der Waals surface area contributed by atoms with Gasteiger partial charge in [0.15, 0.2) is 0 Å². The second kappa shape index (κ2) is 2.99. The molecule has 0 aliphatic carbocycles. The molecule has 1 heterocycles. The summed E-state index contributed by atoms with van der Waals surface area (Å²) in [6.45, 7) is 0. The third kappa shape index (κ3) is 1.17. The Kier molecular flexibility index (Phi) is 1.81. The van der Waals surface area contributed by atoms with Gasteiger partial charge in [0.25, 0.3) is 5.91 Å². The third-order valence-electron chi connectivity index (χ3n) is 2.01. The molecule has 1 aromatic heterocycles. The molecular weight excluding hydrogens is 180 g/mol. The molecule has 0 atom stereocenters. The van der Waals surface area contributed by atoms with Crippen molar-refractivity contribution in [2.75, 3.05) is 0 Å². The van der Waals surface area contributed by atoms with E-state index in [0.717, 1.165) is 0 Å². The molecule has 14 heavy (non-hydrogen) atoms. The Bertz CT molecular complexity index is 508. The van der Waals surface area contributed by atoms with Crippen LogP contribution < -0.4 is 5.73 Å². The Morgan fingerprint density at radius 2 is 2.14 bits per heavy atom. The average Bonchev–Trinajstić information content (AvgIpc) is 2.17. The van der Waals surface area contributed by atoms with Gasteiger partial charge in [-0.1, -0.05) is 6.07 Å². The second-order valence-electron chi connectivity index (χ2n) is 2.89. The quantitative estimate of drug-likeness (QED) is 0.701. The molecule has 0 saturated carbocycles. The van der Waals surface area contributed by atoms with Gasteiger partial charge in [-0.05, 0) is 18.2 Å². The highest BCUT2D eigenvalue weighted by molar-refractivity contribution is 6.07. The molecule has 0 aliphatic rings. The first kappa shape index (κ1) is 8.50. The van der Waals surface area contributed by atoms with Gasteiger partial charge in [0.2, 0.25) is 0 Å². The highest BCUT2D eigenvalue weighted by Crippen LogP contribution is 2.24. The minimum atomic E-state index is -0.652. The zero-order chi connectivity index (χ0) is 10.1. The molecule has 4 nitrogen and oxygen atoms in total. The van der Waals surface area contributed by atoms with Crippen LogP contribution in [0.2, 0.25) is 0 Å². The number of carbonyl (C=O) groups excluding carboxylic acids is 1. The number of carbonyl (C=O) groups is 1. The summed E-state index contributed by atoms with van der Waals surface area (Å²) in [5.74, 6) is -0.765. The highest BCUT2D eigenvalue weighted by atomic mass is 16.3. The molecule has 2 rings (SSSR count). The fourth-order valence-corrected chi connectivity index (χ4v) is 1.40. The number of rotatable bonds is 1. The van der Waals surface area contributed by atoms with Crippen LogP contribution in [-0.2, 0) is 0 Å². The largest absolute Gasteiger partial charge is 0.507 e. The zero-order valence-electron chi connectivity index (χ0n) is 7.27. The predicted molar refractivity (Wildman–Crippen MR) is 51.9 cm³/mol. The number of benzene rings is 1. The Hall–Kier alpha value is -2.10. The third-order valence-corrected chi connectivity index (χ3v) is 2.01. The molecule has 3 N–H and O–H groups in total. The van der Waals surface area contributed by atoms with E-state index >= 15 is 0 Å². The van der Waals surface area contributed by atoms with Crippen molar-refractivity contribution in [3.8, 4) is 5.75 Å². The molecule has 0 unspecified atom stereocenters. The topological polar surface area (TPSA) is 76.2 Å². The van der Waals surface area contributed by atoms with Gasteiger partial charge in [-0.25, -0.2) is 0 Å². The number of phenols is 1. The van der Waals surface area contributed by atoms with Crippen LogP contribution in [0.4, 0.5) is 0 Å². The van der Waals surface area contributed by atoms with E-state index < -0.39 is 5.91 Å². The molecule has 1 aromatic carbocycles. The summed E-state index contributed by atoms with van der Waals surface area (Å²) in [4.78, 5) is 15.1. The first-order valence-corrected chi connectivity index (χ1v) is 4.06. The van der Waals surface area contributed by atoms with Crippen LogP contribution in [0.15, 0.2) is 30.5 Å². The summed E-state index contributed by atoms with van der Waals surface area (Å²) in [6, 6.07) is 6.43. The lowest BCUT2D eigenvalue weighted by molar-refractivity contribution is 0.0999. The van der Waals surface area contributed by atoms with Crippen LogP contribution in [0, 0.1) is 0 Å². The highest BCUT2D eigenvalue weighted by Gasteiger charge is 2.11. The average molecular weight is 188 g/mol. The number of nitrogens with two attached hydrogens (primary N) is 1. The van der Waals surface area contributed by atoms with E-state index in [4.69, 9.17) is 5.73 Å². The van der Waals surface area contributed by atoms with Gasteiger partial charge in [-0.15, -0.1) is 0 Å². The van der Waals surface area contributed by atoms with Crippen molar-refractivity contribution in [3.63, 3.8) is 0 Å². The van der Waals surface area contributed by atoms with Gasteiger partial charge in [-0.3, -0.25) is 9.78 Å². The van der Waals surface area contributed by atoms with Crippen LogP contribution in [-0.4, -0.2) is 16.0 Å². The van der Waals surface area contributed by atoms with Crippen molar-refractivity contribution in [2.24, 2.45) is 5.73 Å². The van der Waals surface area contributed by atoms with E-state index in [1.807, 2.05) is 0 Å². The van der Waals surface area contributed by atoms with Crippen molar-refractivity contribution >= 4 is 16.8 Å². The lowest BCUT2D eigenvalue weighted by atomic mass is 10.1. The molecule has 2 aromatic rings. The fourth-order valence-electron chi connectivity index (χ4n) is 1.40. The first-order valence-electron chi connectivity index (χ1n) is 4.06. The number of hydrogen-bond donors (Lipinski definition) is 2. The number of hydrogen-bond acceptors (Lipinski definition) is 3. The lowest BCUT2D eigenvalue weighted by Crippen LogP contribution is -2.11. The van der Waals surface area contributed by atoms with Crippen LogP contribution in [0.25, 0.3) is 10.9 Å². The molecule has 0 bridgehead atoms. The van der Waals surface area contributed by atoms with Crippen molar-refractivity contribution in [1.29, 1.82) is 0 Å². The second-order valence-corrected chi connectivity index (χ2v) is 2.89. The monoisotopic (exact) mass is 188 g/mol. The number of fused-ring (bicyclic) bond motifs is 1. The molecule has 1 amide bonds. The predicted octanol–water partition coefficient (Wildman–Crippen LogP) is 1.04. The molecule has 0 spiro atoms. The van der Waals surface area contributed by atoms with Crippen molar-refractivity contribution in [2.45, 2.75) is 0 Å². The standard InChI is InChI=1S/C10H8N2O2/c11-10(14)9-6-2-1-5-12-7(6)3-4-8(9)13/h1-5,13H,(H2,11,14). The van der Waals surface area contributed by atoms with Crippen LogP contribution in [0.1, 0.15) is 10.4 Å². The Morgan fingerprint density at radius 1 is 1.36 bits per heavy atom. The smallest absolute Gasteiger partial charge is 0.253 e. The van der Waals surface area contributed by atoms with E-state index in [1.165, 1.54) is 6.07 Å². The number of pyridine rings is 1. The van der Waals surface area contributed by atoms with E-state index in [2.05, 4.69) is 4.98 Å². The summed E-state index contributed by atoms with van der Waals surface area (Å²) < 4.78 is 0. The molecule has 4 heteroatoms. The summed E-state index contributed by atoms with van der Waals surface area (Å²) in [6.07, 6.45) is 1.62. The summed E-state index contributed by atoms with van der Waals surface area (Å²) in [7, 11) is 0. The SMILES string of the molecule is NC(=O)c1c(O)ccc2ncccc12. The van der Waals surface area contributed by atoms with E-state index in [0.29, 0.717) is 10.9 Å². The zero-order valence-corrected chi connectivity index (χ0v) is 7.27. The molecular formula is C10H8N2O2. The Morgan fingerprint density at radius 3 is 2.86 bits per heavy atom. The van der Waals surface area contributed by atoms with Crippen molar-refractivity contribution in [3.05, 3.63) is 36.0 Å². The number of primary amides is 1. The Labute approximate surface area is 80.0 Å². The maximum Gasteiger partial charge on any atom is 0.253 e. The van der Waals surface area contributed by atoms with E-state index in [-0.39, 0.29) is 11.3 Å². The van der Waals surface area contributed by atoms with Gasteiger partial charge < -0.3 is 10.8 Å². The number of aromatic nitrogens is 1. The van der Waals surface area contributed by atoms with E-state index in [9.17, 15) is 9.90 Å². The summed E-state index contributed by atoms with van der Waals surface area (Å²) in [5, 5.41) is 10.0. The van der Waals surface area contributed by atoms with Gasteiger partial charge in [0, 0.05) is 11.6 Å². The minimum absolute atomic E-state index is 0.113. The maximum atomic E-state index is 11.1. The van der Waals surface area contributed by atoms with Crippen molar-refractivity contribution in [1.82, 2.24) is 4.98 Å². The van der Waals surface area contributed by atoms with E-state index in [1.54, 1.807) is 24.4 Å². The molecule has 0 aliphatic heterocycles. The van der Waals surface area contributed by atoms with Gasteiger partial charge in [0.1, 0.15) is 5.75 Å². The fraction of sp³-hybridized carbons (Fsp3) is 0. The first-order chi connectivity index (χ1) is 6.70. The normalized spacial score (nSPS) is 10.3. The Balaban J connectivity index is 2.90. The van der Waals surface area contributed by atoms with Crippen molar-refractivity contribution < 1.29 is 9.90 Å². The number of nitrogens with zero attached hydrogens (tertiary/aromatic N) is 1. The summed E-state index contributed by atoms with van der Waals surface area (Å²) >= 11 is 0. The maximum absolute atomic E-state index is 11.1. The molecule has 0 fully saturated rings. The number of amides is 1. The van der Waals surface area contributed by atoms with Crippen LogP contribution in [0.5, 0.6) is 5.75 Å². The molecule has 0 saturated heterocycles. The van der Waals surface area contributed by atoms with Gasteiger partial charge >= 0.3 is 0 Å². The lowest BCUT2D eigenvalue weighted by Gasteiger charge is -2.03.